The molecule has 1 aromatic carbocycles. The quantitative estimate of drug-likeness (QED) is 0.898. The smallest absolute Gasteiger partial charge is 0.254 e. The van der Waals surface area contributed by atoms with Gasteiger partial charge in [0.25, 0.3) is 5.91 Å². The van der Waals surface area contributed by atoms with Gasteiger partial charge >= 0.3 is 0 Å². The maximum Gasteiger partial charge on any atom is 0.254 e. The summed E-state index contributed by atoms with van der Waals surface area (Å²) in [6.45, 7) is 2.45. The van der Waals surface area contributed by atoms with Crippen molar-refractivity contribution in [2.45, 2.75) is 13.0 Å². The van der Waals surface area contributed by atoms with Crippen LogP contribution in [0, 0.1) is 6.92 Å². The van der Waals surface area contributed by atoms with Crippen molar-refractivity contribution < 1.29 is 13.9 Å². The van der Waals surface area contributed by atoms with Crippen molar-refractivity contribution in [3.8, 4) is 0 Å². The molecule has 1 N–H and O–H groups in total. The monoisotopic (exact) mass is 259 g/mol. The molecular formula is C15H17NO3. The molecule has 0 unspecified atom stereocenters. The molecule has 0 aliphatic heterocycles. The van der Waals surface area contributed by atoms with E-state index in [1.54, 1.807) is 13.2 Å². The lowest BCUT2D eigenvalue weighted by atomic mass is 10.0. The first kappa shape index (κ1) is 13.4. The Balaban J connectivity index is 2.01. The van der Waals surface area contributed by atoms with E-state index in [1.807, 2.05) is 31.2 Å². The second kappa shape index (κ2) is 6.20. The molecule has 1 aromatic heterocycles. The summed E-state index contributed by atoms with van der Waals surface area (Å²) in [6, 6.07) is 9.61. The van der Waals surface area contributed by atoms with Crippen molar-refractivity contribution >= 4 is 5.91 Å². The van der Waals surface area contributed by atoms with E-state index in [0.29, 0.717) is 12.1 Å². The summed E-state index contributed by atoms with van der Waals surface area (Å²) in [5.74, 6) is -0.163. The van der Waals surface area contributed by atoms with Crippen molar-refractivity contribution in [1.29, 1.82) is 0 Å². The van der Waals surface area contributed by atoms with Crippen molar-refractivity contribution in [3.63, 3.8) is 0 Å². The Kier molecular flexibility index (Phi) is 4.36. The first-order chi connectivity index (χ1) is 9.22. The second-order valence-corrected chi connectivity index (χ2v) is 4.30. The zero-order valence-electron chi connectivity index (χ0n) is 11.1. The lowest BCUT2D eigenvalue weighted by Gasteiger charge is -2.18. The molecule has 0 spiro atoms. The topological polar surface area (TPSA) is 51.5 Å². The number of amides is 1. The van der Waals surface area contributed by atoms with Crippen LogP contribution in [0.2, 0.25) is 0 Å². The van der Waals surface area contributed by atoms with Crippen molar-refractivity contribution in [1.82, 2.24) is 5.32 Å². The Morgan fingerprint density at radius 2 is 2.16 bits per heavy atom. The van der Waals surface area contributed by atoms with Crippen LogP contribution in [0.5, 0.6) is 0 Å². The van der Waals surface area contributed by atoms with E-state index in [2.05, 4.69) is 5.32 Å². The molecule has 1 amide bonds. The van der Waals surface area contributed by atoms with E-state index in [1.165, 1.54) is 12.5 Å². The zero-order chi connectivity index (χ0) is 13.7. The molecule has 19 heavy (non-hydrogen) atoms. The summed E-state index contributed by atoms with van der Waals surface area (Å²) < 4.78 is 10.3. The summed E-state index contributed by atoms with van der Waals surface area (Å²) in [5, 5.41) is 2.84. The maximum absolute atomic E-state index is 11.8. The number of rotatable bonds is 5. The van der Waals surface area contributed by atoms with Gasteiger partial charge in [0.15, 0.2) is 0 Å². The number of benzene rings is 1. The van der Waals surface area contributed by atoms with E-state index in [-0.39, 0.29) is 12.0 Å². The van der Waals surface area contributed by atoms with Gasteiger partial charge in [-0.1, -0.05) is 24.3 Å². The largest absolute Gasteiger partial charge is 0.472 e. The van der Waals surface area contributed by atoms with Gasteiger partial charge in [0.1, 0.15) is 6.26 Å². The molecule has 4 heteroatoms. The van der Waals surface area contributed by atoms with E-state index in [4.69, 9.17) is 9.15 Å². The Hall–Kier alpha value is -2.07. The SMILES string of the molecule is CO[C@H](CNC(=O)c1ccoc1)c1ccccc1C. The standard InChI is InChI=1S/C15H17NO3/c1-11-5-3-4-6-13(11)14(18-2)9-16-15(17)12-7-8-19-10-12/h3-8,10,14H,9H2,1-2H3,(H,16,17)/t14-/m1/s1. The molecule has 2 rings (SSSR count). The summed E-state index contributed by atoms with van der Waals surface area (Å²) in [5.41, 5.74) is 2.74. The summed E-state index contributed by atoms with van der Waals surface area (Å²) in [7, 11) is 1.64. The molecule has 1 heterocycles. The van der Waals surface area contributed by atoms with Gasteiger partial charge < -0.3 is 14.5 Å². The molecule has 0 saturated carbocycles. The highest BCUT2D eigenvalue weighted by molar-refractivity contribution is 5.93. The average Bonchev–Trinajstić information content (AvgIpc) is 2.95. The fourth-order valence-corrected chi connectivity index (χ4v) is 1.95. The van der Waals surface area contributed by atoms with Gasteiger partial charge in [-0.3, -0.25) is 4.79 Å². The Labute approximate surface area is 112 Å². The van der Waals surface area contributed by atoms with E-state index in [9.17, 15) is 4.79 Å². The Morgan fingerprint density at radius 3 is 2.79 bits per heavy atom. The molecule has 0 saturated heterocycles. The van der Waals surface area contributed by atoms with Gasteiger partial charge in [-0.2, -0.15) is 0 Å². The van der Waals surface area contributed by atoms with E-state index < -0.39 is 0 Å². The fourth-order valence-electron chi connectivity index (χ4n) is 1.95. The third-order valence-electron chi connectivity index (χ3n) is 3.05. The molecule has 1 atom stereocenters. The van der Waals surface area contributed by atoms with Crippen molar-refractivity contribution in [2.24, 2.45) is 0 Å². The maximum atomic E-state index is 11.8. The predicted molar refractivity (Wildman–Crippen MR) is 72.0 cm³/mol. The van der Waals surface area contributed by atoms with Gasteiger partial charge in [-0.15, -0.1) is 0 Å². The molecule has 0 radical (unpaired) electrons. The van der Waals surface area contributed by atoms with Crippen LogP contribution in [0.25, 0.3) is 0 Å². The van der Waals surface area contributed by atoms with Crippen molar-refractivity contribution in [3.05, 3.63) is 59.5 Å². The minimum Gasteiger partial charge on any atom is -0.472 e. The lowest BCUT2D eigenvalue weighted by Crippen LogP contribution is -2.29. The lowest BCUT2D eigenvalue weighted by molar-refractivity contribution is 0.0825. The Bertz CT molecular complexity index is 534. The number of aryl methyl sites for hydroxylation is 1. The van der Waals surface area contributed by atoms with Crippen LogP contribution in [0.1, 0.15) is 27.6 Å². The number of carbonyl (C=O) groups excluding carboxylic acids is 1. The molecular weight excluding hydrogens is 242 g/mol. The third kappa shape index (κ3) is 3.23. The first-order valence-corrected chi connectivity index (χ1v) is 6.11. The zero-order valence-corrected chi connectivity index (χ0v) is 11.1. The summed E-state index contributed by atoms with van der Waals surface area (Å²) in [6.07, 6.45) is 2.74. The van der Waals surface area contributed by atoms with Gasteiger partial charge in [0.05, 0.1) is 17.9 Å². The van der Waals surface area contributed by atoms with Crippen LogP contribution < -0.4 is 5.32 Å². The molecule has 2 aromatic rings. The molecule has 0 bridgehead atoms. The van der Waals surface area contributed by atoms with E-state index in [0.717, 1.165) is 11.1 Å². The Morgan fingerprint density at radius 1 is 1.37 bits per heavy atom. The van der Waals surface area contributed by atoms with Gasteiger partial charge in [-0.25, -0.2) is 0 Å². The average molecular weight is 259 g/mol. The molecule has 0 aliphatic rings. The van der Waals surface area contributed by atoms with Gasteiger partial charge in [-0.05, 0) is 24.1 Å². The second-order valence-electron chi connectivity index (χ2n) is 4.30. The highest BCUT2D eigenvalue weighted by Crippen LogP contribution is 2.19. The number of hydrogen-bond donors (Lipinski definition) is 1. The predicted octanol–water partition coefficient (Wildman–Crippen LogP) is 2.71. The summed E-state index contributed by atoms with van der Waals surface area (Å²) >= 11 is 0. The normalized spacial score (nSPS) is 12.1. The van der Waals surface area contributed by atoms with Crippen LogP contribution in [-0.4, -0.2) is 19.6 Å². The molecule has 100 valence electrons. The molecule has 0 fully saturated rings. The van der Waals surface area contributed by atoms with Gasteiger partial charge in [0.2, 0.25) is 0 Å². The number of ether oxygens (including phenoxy) is 1. The van der Waals surface area contributed by atoms with Crippen molar-refractivity contribution in [2.75, 3.05) is 13.7 Å². The number of methoxy groups -OCH3 is 1. The number of carbonyl (C=O) groups is 1. The molecule has 4 nitrogen and oxygen atoms in total. The number of nitrogens with one attached hydrogen (secondary N) is 1. The van der Waals surface area contributed by atoms with Crippen LogP contribution in [-0.2, 0) is 4.74 Å². The number of hydrogen-bond acceptors (Lipinski definition) is 3. The minimum absolute atomic E-state index is 0.156. The van der Waals surface area contributed by atoms with Gasteiger partial charge in [0, 0.05) is 13.7 Å². The van der Waals surface area contributed by atoms with Crippen LogP contribution in [0.15, 0.2) is 47.3 Å². The molecule has 0 aliphatic carbocycles. The highest BCUT2D eigenvalue weighted by atomic mass is 16.5. The minimum atomic E-state index is -0.163. The number of furan rings is 1. The van der Waals surface area contributed by atoms with Crippen LogP contribution >= 0.6 is 0 Å². The third-order valence-corrected chi connectivity index (χ3v) is 3.05. The summed E-state index contributed by atoms with van der Waals surface area (Å²) in [4.78, 5) is 11.8. The highest BCUT2D eigenvalue weighted by Gasteiger charge is 2.14. The fraction of sp³-hybridized carbons (Fsp3) is 0.267. The van der Waals surface area contributed by atoms with E-state index >= 15 is 0 Å². The van der Waals surface area contributed by atoms with Crippen LogP contribution in [0.3, 0.4) is 0 Å². The van der Waals surface area contributed by atoms with Crippen LogP contribution in [0.4, 0.5) is 0 Å². The first-order valence-electron chi connectivity index (χ1n) is 6.11.